The van der Waals surface area contributed by atoms with Crippen molar-refractivity contribution in [1.82, 2.24) is 9.62 Å². The molecule has 2 N–H and O–H groups in total. The lowest BCUT2D eigenvalue weighted by Crippen LogP contribution is -2.52. The van der Waals surface area contributed by atoms with E-state index < -0.39 is 22.2 Å². The number of hydrogen-bond donors (Lipinski definition) is 2. The quantitative estimate of drug-likeness (QED) is 0.684. The molecular weight excluding hydrogens is 392 g/mol. The van der Waals surface area contributed by atoms with E-state index in [0.29, 0.717) is 25.1 Å². The van der Waals surface area contributed by atoms with E-state index in [-0.39, 0.29) is 23.8 Å². The molecule has 8 heteroatoms. The minimum absolute atomic E-state index is 0.0416. The van der Waals surface area contributed by atoms with Crippen molar-refractivity contribution < 1.29 is 23.1 Å². The lowest BCUT2D eigenvalue weighted by Gasteiger charge is -2.37. The second-order valence-electron chi connectivity index (χ2n) is 7.17. The zero-order chi connectivity index (χ0) is 20.9. The van der Waals surface area contributed by atoms with E-state index in [4.69, 9.17) is 9.84 Å². The predicted octanol–water partition coefficient (Wildman–Crippen LogP) is 2.69. The van der Waals surface area contributed by atoms with Crippen molar-refractivity contribution in [2.75, 3.05) is 13.7 Å². The molecule has 0 aliphatic carbocycles. The minimum Gasteiger partial charge on any atom is -0.497 e. The molecule has 2 aromatic rings. The number of methoxy groups -OCH3 is 1. The summed E-state index contributed by atoms with van der Waals surface area (Å²) in [6.45, 7) is 0.776. The third-order valence-electron chi connectivity index (χ3n) is 5.15. The third kappa shape index (κ3) is 5.35. The summed E-state index contributed by atoms with van der Waals surface area (Å²) < 4.78 is 33.6. The van der Waals surface area contributed by atoms with Gasteiger partial charge in [0.25, 0.3) is 0 Å². The maximum absolute atomic E-state index is 13.5. The van der Waals surface area contributed by atoms with Gasteiger partial charge >= 0.3 is 5.97 Å². The SMILES string of the molecule is COc1ccc(S(=O)(=O)N(Cc2ccccc2)C2CC(CC(=O)O)CCN2)cc1. The van der Waals surface area contributed by atoms with Crippen molar-refractivity contribution in [3.63, 3.8) is 0 Å². The molecule has 1 saturated heterocycles. The molecule has 1 heterocycles. The standard InChI is InChI=1S/C21H26N2O5S/c1-28-18-7-9-19(10-8-18)29(26,27)23(15-16-5-3-2-4-6-16)20-13-17(11-12-22-20)14-21(24)25/h2-10,17,20,22H,11-15H2,1H3,(H,24,25). The van der Waals surface area contributed by atoms with E-state index in [1.165, 1.54) is 23.5 Å². The summed E-state index contributed by atoms with van der Waals surface area (Å²) >= 11 is 0. The first kappa shape index (κ1) is 21.3. The Morgan fingerprint density at radius 3 is 2.48 bits per heavy atom. The molecule has 7 nitrogen and oxygen atoms in total. The first-order chi connectivity index (χ1) is 13.9. The highest BCUT2D eigenvalue weighted by atomic mass is 32.2. The molecule has 1 aliphatic rings. The first-order valence-electron chi connectivity index (χ1n) is 9.55. The Hall–Kier alpha value is -2.42. The molecule has 156 valence electrons. The van der Waals surface area contributed by atoms with Gasteiger partial charge in [-0.15, -0.1) is 0 Å². The molecule has 0 amide bonds. The van der Waals surface area contributed by atoms with E-state index in [1.807, 2.05) is 30.3 Å². The molecular formula is C21H26N2O5S. The molecule has 0 saturated carbocycles. The van der Waals surface area contributed by atoms with Crippen molar-refractivity contribution in [2.45, 2.75) is 36.9 Å². The lowest BCUT2D eigenvalue weighted by atomic mass is 9.92. The number of carbonyl (C=O) groups is 1. The molecule has 0 radical (unpaired) electrons. The number of nitrogens with one attached hydrogen (secondary N) is 1. The van der Waals surface area contributed by atoms with Gasteiger partial charge in [-0.1, -0.05) is 30.3 Å². The number of aliphatic carboxylic acids is 1. The summed E-state index contributed by atoms with van der Waals surface area (Å²) in [4.78, 5) is 11.3. The van der Waals surface area contributed by atoms with Crippen molar-refractivity contribution in [3.05, 3.63) is 60.2 Å². The fraction of sp³-hybridized carbons (Fsp3) is 0.381. The van der Waals surface area contributed by atoms with Crippen LogP contribution in [0.15, 0.2) is 59.5 Å². The van der Waals surface area contributed by atoms with Gasteiger partial charge < -0.3 is 15.2 Å². The Morgan fingerprint density at radius 1 is 1.17 bits per heavy atom. The fourth-order valence-electron chi connectivity index (χ4n) is 3.63. The Balaban J connectivity index is 1.92. The second kappa shape index (κ2) is 9.39. The number of sulfonamides is 1. The van der Waals surface area contributed by atoms with Crippen molar-refractivity contribution in [1.29, 1.82) is 0 Å². The maximum Gasteiger partial charge on any atom is 0.303 e. The number of ether oxygens (including phenoxy) is 1. The molecule has 29 heavy (non-hydrogen) atoms. The Labute approximate surface area is 171 Å². The zero-order valence-electron chi connectivity index (χ0n) is 16.3. The maximum atomic E-state index is 13.5. The van der Waals surface area contributed by atoms with Crippen LogP contribution in [0.1, 0.15) is 24.8 Å². The van der Waals surface area contributed by atoms with Crippen molar-refractivity contribution in [2.24, 2.45) is 5.92 Å². The van der Waals surface area contributed by atoms with Gasteiger partial charge in [0.1, 0.15) is 5.75 Å². The van der Waals surface area contributed by atoms with Crippen LogP contribution in [0.2, 0.25) is 0 Å². The smallest absolute Gasteiger partial charge is 0.303 e. The van der Waals surface area contributed by atoms with Gasteiger partial charge in [0, 0.05) is 13.0 Å². The molecule has 1 fully saturated rings. The van der Waals surface area contributed by atoms with E-state index >= 15 is 0 Å². The van der Waals surface area contributed by atoms with Gasteiger partial charge in [-0.2, -0.15) is 4.31 Å². The summed E-state index contributed by atoms with van der Waals surface area (Å²) in [7, 11) is -2.28. The predicted molar refractivity (Wildman–Crippen MR) is 109 cm³/mol. The molecule has 0 spiro atoms. The Kier molecular flexibility index (Phi) is 6.89. The van der Waals surface area contributed by atoms with Crippen LogP contribution in [-0.2, 0) is 21.4 Å². The Bertz CT molecular complexity index is 916. The van der Waals surface area contributed by atoms with Crippen LogP contribution in [0.3, 0.4) is 0 Å². The van der Waals surface area contributed by atoms with Crippen molar-refractivity contribution in [3.8, 4) is 5.75 Å². The third-order valence-corrected chi connectivity index (χ3v) is 7.02. The normalized spacial score (nSPS) is 19.8. The van der Waals surface area contributed by atoms with E-state index in [2.05, 4.69) is 5.32 Å². The van der Waals surface area contributed by atoms with E-state index in [0.717, 1.165) is 5.56 Å². The fourth-order valence-corrected chi connectivity index (χ4v) is 5.20. The van der Waals surface area contributed by atoms with Gasteiger partial charge in [0.15, 0.2) is 0 Å². The largest absolute Gasteiger partial charge is 0.497 e. The highest BCUT2D eigenvalue weighted by molar-refractivity contribution is 7.89. The molecule has 1 aliphatic heterocycles. The summed E-state index contributed by atoms with van der Waals surface area (Å²) in [5.41, 5.74) is 0.867. The average Bonchev–Trinajstić information content (AvgIpc) is 2.72. The number of hydrogen-bond acceptors (Lipinski definition) is 5. The van der Waals surface area contributed by atoms with Gasteiger partial charge in [0.2, 0.25) is 10.0 Å². The highest BCUT2D eigenvalue weighted by Gasteiger charge is 2.35. The van der Waals surface area contributed by atoms with Gasteiger partial charge in [-0.05, 0) is 55.1 Å². The first-order valence-corrected chi connectivity index (χ1v) is 11.0. The molecule has 2 unspecified atom stereocenters. The van der Waals surface area contributed by atoms with Gasteiger partial charge in [-0.25, -0.2) is 8.42 Å². The molecule has 2 atom stereocenters. The van der Waals surface area contributed by atoms with Crippen LogP contribution in [0.25, 0.3) is 0 Å². The molecule has 0 aromatic heterocycles. The van der Waals surface area contributed by atoms with Gasteiger partial charge in [-0.3, -0.25) is 4.79 Å². The van der Waals surface area contributed by atoms with Crippen molar-refractivity contribution >= 4 is 16.0 Å². The number of benzene rings is 2. The second-order valence-corrected chi connectivity index (χ2v) is 9.06. The minimum atomic E-state index is -3.81. The summed E-state index contributed by atoms with van der Waals surface area (Å²) in [6, 6.07) is 15.7. The lowest BCUT2D eigenvalue weighted by molar-refractivity contribution is -0.138. The topological polar surface area (TPSA) is 95.9 Å². The van der Waals surface area contributed by atoms with Crippen LogP contribution in [0.5, 0.6) is 5.75 Å². The average molecular weight is 419 g/mol. The number of carboxylic acid groups (broad SMARTS) is 1. The van der Waals surface area contributed by atoms with E-state index in [1.54, 1.807) is 12.1 Å². The monoisotopic (exact) mass is 418 g/mol. The van der Waals surface area contributed by atoms with Crippen LogP contribution in [0, 0.1) is 5.92 Å². The highest BCUT2D eigenvalue weighted by Crippen LogP contribution is 2.28. The molecule has 3 rings (SSSR count). The number of rotatable bonds is 8. The van der Waals surface area contributed by atoms with Crippen LogP contribution in [0.4, 0.5) is 0 Å². The number of carboxylic acids is 1. The number of nitrogens with zero attached hydrogens (tertiary/aromatic N) is 1. The number of piperidine rings is 1. The zero-order valence-corrected chi connectivity index (χ0v) is 17.1. The molecule has 0 bridgehead atoms. The van der Waals surface area contributed by atoms with Crippen LogP contribution < -0.4 is 10.1 Å². The summed E-state index contributed by atoms with van der Waals surface area (Å²) in [6.07, 6.45) is 0.736. The molecule has 2 aromatic carbocycles. The van der Waals surface area contributed by atoms with Gasteiger partial charge in [0.05, 0.1) is 18.2 Å². The van der Waals surface area contributed by atoms with E-state index in [9.17, 15) is 13.2 Å². The summed E-state index contributed by atoms with van der Waals surface area (Å²) in [5.74, 6) is -0.345. The van der Waals surface area contributed by atoms with Crippen LogP contribution >= 0.6 is 0 Å². The van der Waals surface area contributed by atoms with Crippen LogP contribution in [-0.4, -0.2) is 43.6 Å². The Morgan fingerprint density at radius 2 is 1.86 bits per heavy atom. The summed E-state index contributed by atoms with van der Waals surface area (Å²) in [5, 5.41) is 12.4.